The highest BCUT2D eigenvalue weighted by Crippen LogP contribution is 2.29. The molecule has 4 nitrogen and oxygen atoms in total. The van der Waals surface area contributed by atoms with Gasteiger partial charge < -0.3 is 9.15 Å². The van der Waals surface area contributed by atoms with Crippen molar-refractivity contribution in [2.45, 2.75) is 13.8 Å². The molecule has 0 amide bonds. The topological polar surface area (TPSA) is 52.3 Å². The predicted molar refractivity (Wildman–Crippen MR) is 92.2 cm³/mol. The molecule has 3 rings (SSSR count). The minimum atomic E-state index is -0.430. The molecule has 0 aliphatic heterocycles. The fraction of sp³-hybridized carbons (Fsp3) is 0.176. The molecule has 0 aliphatic rings. The molecule has 2 aromatic carbocycles. The second-order valence-electron chi connectivity index (χ2n) is 4.35. The second-order valence-corrected chi connectivity index (χ2v) is 5.22. The van der Waals surface area contributed by atoms with Crippen LogP contribution in [0.3, 0.4) is 0 Å². The van der Waals surface area contributed by atoms with Crippen molar-refractivity contribution >= 4 is 40.3 Å². The van der Waals surface area contributed by atoms with Crippen LogP contribution in [0.1, 0.15) is 24.2 Å². The van der Waals surface area contributed by atoms with E-state index in [0.717, 1.165) is 0 Å². The maximum Gasteiger partial charge on any atom is 0.337 e. The average molecular weight is 352 g/mol. The van der Waals surface area contributed by atoms with Gasteiger partial charge in [-0.3, -0.25) is 0 Å². The summed E-state index contributed by atoms with van der Waals surface area (Å²) in [5.74, 6) is -0.0444. The maximum absolute atomic E-state index is 11.5. The summed E-state index contributed by atoms with van der Waals surface area (Å²) in [6, 6.07) is 9.96. The lowest BCUT2D eigenvalue weighted by Crippen LogP contribution is -2.00. The van der Waals surface area contributed by atoms with E-state index in [2.05, 4.69) is 9.72 Å². The Labute approximate surface area is 144 Å². The van der Waals surface area contributed by atoms with Crippen molar-refractivity contribution in [3.63, 3.8) is 0 Å². The van der Waals surface area contributed by atoms with Crippen LogP contribution in [0.4, 0.5) is 0 Å². The first-order chi connectivity index (χ1) is 11.1. The standard InChI is InChI=1S/C15H9Cl2NO3.C2H6/c1-20-15(19)8-2-3-12-13(6-8)21-14(18-12)9-4-10(16)7-11(17)5-9;1-2/h2-7H,1H3;1-2H3. The summed E-state index contributed by atoms with van der Waals surface area (Å²) in [4.78, 5) is 15.9. The molecule has 0 radical (unpaired) electrons. The highest BCUT2D eigenvalue weighted by atomic mass is 35.5. The van der Waals surface area contributed by atoms with Crippen LogP contribution in [0.15, 0.2) is 40.8 Å². The first-order valence-corrected chi connectivity index (χ1v) is 7.78. The van der Waals surface area contributed by atoms with Crippen molar-refractivity contribution in [3.05, 3.63) is 52.0 Å². The Morgan fingerprint density at radius 3 is 2.35 bits per heavy atom. The molecule has 0 N–H and O–H groups in total. The van der Waals surface area contributed by atoms with Crippen molar-refractivity contribution < 1.29 is 13.9 Å². The highest BCUT2D eigenvalue weighted by Gasteiger charge is 2.13. The predicted octanol–water partition coefficient (Wildman–Crippen LogP) is 5.61. The van der Waals surface area contributed by atoms with Gasteiger partial charge in [0.25, 0.3) is 0 Å². The van der Waals surface area contributed by atoms with Crippen LogP contribution >= 0.6 is 23.2 Å². The molecule has 3 aromatic rings. The van der Waals surface area contributed by atoms with Gasteiger partial charge >= 0.3 is 5.97 Å². The van der Waals surface area contributed by atoms with E-state index >= 15 is 0 Å². The smallest absolute Gasteiger partial charge is 0.337 e. The molecule has 0 bridgehead atoms. The summed E-state index contributed by atoms with van der Waals surface area (Å²) >= 11 is 11.9. The molecule has 0 unspecified atom stereocenters. The number of hydrogen-bond donors (Lipinski definition) is 0. The first-order valence-electron chi connectivity index (χ1n) is 7.02. The Bertz CT molecular complexity index is 823. The summed E-state index contributed by atoms with van der Waals surface area (Å²) in [7, 11) is 1.33. The molecule has 0 saturated heterocycles. The number of benzene rings is 2. The summed E-state index contributed by atoms with van der Waals surface area (Å²) in [6.45, 7) is 4.00. The van der Waals surface area contributed by atoms with Gasteiger partial charge in [-0.15, -0.1) is 0 Å². The van der Waals surface area contributed by atoms with Crippen LogP contribution in [0.25, 0.3) is 22.6 Å². The van der Waals surface area contributed by atoms with Crippen molar-refractivity contribution in [2.24, 2.45) is 0 Å². The Morgan fingerprint density at radius 2 is 1.74 bits per heavy atom. The van der Waals surface area contributed by atoms with Crippen molar-refractivity contribution in [2.75, 3.05) is 7.11 Å². The van der Waals surface area contributed by atoms with Gasteiger partial charge in [-0.25, -0.2) is 9.78 Å². The van der Waals surface area contributed by atoms with E-state index in [1.165, 1.54) is 7.11 Å². The minimum Gasteiger partial charge on any atom is -0.465 e. The molecule has 1 aromatic heterocycles. The Balaban J connectivity index is 0.000000924. The van der Waals surface area contributed by atoms with E-state index in [4.69, 9.17) is 27.6 Å². The molecule has 0 saturated carbocycles. The molecule has 0 fully saturated rings. The summed E-state index contributed by atoms with van der Waals surface area (Å²) < 4.78 is 10.3. The first kappa shape index (κ1) is 17.3. The molecule has 6 heteroatoms. The summed E-state index contributed by atoms with van der Waals surface area (Å²) in [6.07, 6.45) is 0. The third-order valence-electron chi connectivity index (χ3n) is 2.92. The van der Waals surface area contributed by atoms with Gasteiger partial charge in [-0.1, -0.05) is 37.0 Å². The SMILES string of the molecule is CC.COC(=O)c1ccc2nc(-c3cc(Cl)cc(Cl)c3)oc2c1. The summed E-state index contributed by atoms with van der Waals surface area (Å²) in [5, 5.41) is 0.991. The van der Waals surface area contributed by atoms with Gasteiger partial charge in [0.15, 0.2) is 5.58 Å². The van der Waals surface area contributed by atoms with Crippen LogP contribution in [0.5, 0.6) is 0 Å². The number of methoxy groups -OCH3 is 1. The molecule has 0 aliphatic carbocycles. The van der Waals surface area contributed by atoms with Crippen LogP contribution in [0.2, 0.25) is 10.0 Å². The lowest BCUT2D eigenvalue weighted by molar-refractivity contribution is 0.0601. The quantitative estimate of drug-likeness (QED) is 0.562. The number of hydrogen-bond acceptors (Lipinski definition) is 4. The van der Waals surface area contributed by atoms with Crippen LogP contribution in [-0.2, 0) is 4.74 Å². The number of esters is 1. The fourth-order valence-corrected chi connectivity index (χ4v) is 2.50. The number of ether oxygens (including phenoxy) is 1. The lowest BCUT2D eigenvalue weighted by Gasteiger charge is -1.98. The normalized spacial score (nSPS) is 10.1. The number of oxazole rings is 1. The van der Waals surface area contributed by atoms with Gasteiger partial charge in [0.2, 0.25) is 5.89 Å². The minimum absolute atomic E-state index is 0.386. The third-order valence-corrected chi connectivity index (χ3v) is 3.36. The van der Waals surface area contributed by atoms with E-state index in [0.29, 0.717) is 38.2 Å². The zero-order valence-corrected chi connectivity index (χ0v) is 14.4. The molecule has 120 valence electrons. The van der Waals surface area contributed by atoms with Crippen molar-refractivity contribution in [1.82, 2.24) is 4.98 Å². The monoisotopic (exact) mass is 351 g/mol. The van der Waals surface area contributed by atoms with Gasteiger partial charge in [0.1, 0.15) is 5.52 Å². The molecule has 23 heavy (non-hydrogen) atoms. The number of carbonyl (C=O) groups excluding carboxylic acids is 1. The number of nitrogens with zero attached hydrogens (tertiary/aromatic N) is 1. The van der Waals surface area contributed by atoms with Gasteiger partial charge in [-0.2, -0.15) is 0 Å². The Morgan fingerprint density at radius 1 is 1.09 bits per heavy atom. The molecule has 0 atom stereocenters. The maximum atomic E-state index is 11.5. The fourth-order valence-electron chi connectivity index (χ4n) is 1.97. The van der Waals surface area contributed by atoms with E-state index in [9.17, 15) is 4.79 Å². The molecular weight excluding hydrogens is 337 g/mol. The Hall–Kier alpha value is -2.04. The number of carbonyl (C=O) groups is 1. The molecule has 0 spiro atoms. The molecular formula is C17H15Cl2NO3. The largest absolute Gasteiger partial charge is 0.465 e. The summed E-state index contributed by atoms with van der Waals surface area (Å²) in [5.41, 5.74) is 2.19. The van der Waals surface area contributed by atoms with Gasteiger partial charge in [-0.05, 0) is 36.4 Å². The van der Waals surface area contributed by atoms with Crippen LogP contribution < -0.4 is 0 Å². The third kappa shape index (κ3) is 3.84. The Kier molecular flexibility index (Phi) is 5.64. The van der Waals surface area contributed by atoms with E-state index < -0.39 is 5.97 Å². The number of aromatic nitrogens is 1. The zero-order valence-electron chi connectivity index (χ0n) is 12.9. The van der Waals surface area contributed by atoms with Gasteiger partial charge in [0, 0.05) is 15.6 Å². The molecule has 1 heterocycles. The van der Waals surface area contributed by atoms with Crippen LogP contribution in [-0.4, -0.2) is 18.1 Å². The van der Waals surface area contributed by atoms with Crippen molar-refractivity contribution in [1.29, 1.82) is 0 Å². The van der Waals surface area contributed by atoms with E-state index in [1.54, 1.807) is 36.4 Å². The second kappa shape index (κ2) is 7.49. The average Bonchev–Trinajstić information content (AvgIpc) is 2.98. The number of rotatable bonds is 2. The highest BCUT2D eigenvalue weighted by molar-refractivity contribution is 6.35. The number of halogens is 2. The lowest BCUT2D eigenvalue weighted by atomic mass is 10.2. The zero-order chi connectivity index (χ0) is 17.0. The van der Waals surface area contributed by atoms with Crippen LogP contribution in [0, 0.1) is 0 Å². The van der Waals surface area contributed by atoms with Gasteiger partial charge in [0.05, 0.1) is 12.7 Å². The van der Waals surface area contributed by atoms with E-state index in [1.807, 2.05) is 13.8 Å². The van der Waals surface area contributed by atoms with E-state index in [-0.39, 0.29) is 0 Å². The number of fused-ring (bicyclic) bond motifs is 1. The van der Waals surface area contributed by atoms with Crippen molar-refractivity contribution in [3.8, 4) is 11.5 Å².